The van der Waals surface area contributed by atoms with Gasteiger partial charge in [0.2, 0.25) is 0 Å². The molecule has 1 unspecified atom stereocenters. The normalized spacial score (nSPS) is 17.7. The monoisotopic (exact) mass is 398 g/mol. The van der Waals surface area contributed by atoms with Crippen LogP contribution in [0.4, 0.5) is 0 Å². The molecule has 0 aliphatic heterocycles. The molecule has 2 aromatic heterocycles. The van der Waals surface area contributed by atoms with Crippen LogP contribution in [-0.4, -0.2) is 23.9 Å². The summed E-state index contributed by atoms with van der Waals surface area (Å²) in [6.45, 7) is 9.76. The van der Waals surface area contributed by atoms with Crippen LogP contribution < -0.4 is 4.72 Å². The van der Waals surface area contributed by atoms with Crippen molar-refractivity contribution in [1.82, 2.24) is 19.3 Å². The zero-order valence-corrected chi connectivity index (χ0v) is 16.6. The molecule has 0 spiro atoms. The van der Waals surface area contributed by atoms with Crippen LogP contribution in [0.25, 0.3) is 5.65 Å². The van der Waals surface area contributed by atoms with Gasteiger partial charge in [0.1, 0.15) is 10.3 Å². The lowest BCUT2D eigenvalue weighted by Gasteiger charge is -2.30. The molecule has 2 heterocycles. The number of halogens is 1. The van der Waals surface area contributed by atoms with Gasteiger partial charge in [0.15, 0.2) is 11.5 Å². The quantitative estimate of drug-likeness (QED) is 0.797. The zero-order valence-electron chi connectivity index (χ0n) is 14.2. The highest BCUT2D eigenvalue weighted by Crippen LogP contribution is 2.41. The Hall–Kier alpha value is -0.630. The van der Waals surface area contributed by atoms with Crippen molar-refractivity contribution in [2.45, 2.75) is 63.7 Å². The van der Waals surface area contributed by atoms with Crippen LogP contribution in [-0.2, 0) is 16.9 Å². The van der Waals surface area contributed by atoms with Crippen molar-refractivity contribution in [3.63, 3.8) is 0 Å². The lowest BCUT2D eigenvalue weighted by atomic mass is 10.1. The van der Waals surface area contributed by atoms with Crippen LogP contribution in [0.15, 0.2) is 16.7 Å². The van der Waals surface area contributed by atoms with Crippen molar-refractivity contribution in [3.05, 3.63) is 28.1 Å². The van der Waals surface area contributed by atoms with Crippen molar-refractivity contribution < 1.29 is 4.55 Å². The number of nitrogens with zero attached hydrogens (tertiary/aromatic N) is 3. The Labute approximate surface area is 148 Å². The lowest BCUT2D eigenvalue weighted by Crippen LogP contribution is -2.48. The first-order valence-electron chi connectivity index (χ1n) is 7.84. The van der Waals surface area contributed by atoms with Gasteiger partial charge in [-0.2, -0.15) is 0 Å². The van der Waals surface area contributed by atoms with Crippen molar-refractivity contribution in [2.75, 3.05) is 0 Å². The Kier molecular flexibility index (Phi) is 4.28. The highest BCUT2D eigenvalue weighted by Gasteiger charge is 2.37. The number of pyridine rings is 1. The molecule has 0 bridgehead atoms. The average molecular weight is 399 g/mol. The first kappa shape index (κ1) is 17.2. The van der Waals surface area contributed by atoms with Crippen molar-refractivity contribution >= 4 is 32.9 Å². The summed E-state index contributed by atoms with van der Waals surface area (Å²) in [6, 6.07) is 2.14. The molecule has 1 fully saturated rings. The fourth-order valence-corrected chi connectivity index (χ4v) is 3.70. The molecule has 3 rings (SSSR count). The van der Waals surface area contributed by atoms with Gasteiger partial charge in [0, 0.05) is 17.6 Å². The van der Waals surface area contributed by atoms with Crippen LogP contribution in [0.5, 0.6) is 0 Å². The summed E-state index contributed by atoms with van der Waals surface area (Å²) >= 11 is 2.42. The Morgan fingerprint density at radius 1 is 1.30 bits per heavy atom. The fraction of sp³-hybridized carbons (Fsp3) is 0.625. The van der Waals surface area contributed by atoms with E-state index in [0.717, 1.165) is 10.1 Å². The van der Waals surface area contributed by atoms with Crippen molar-refractivity contribution in [2.24, 2.45) is 0 Å². The summed E-state index contributed by atoms with van der Waals surface area (Å²) < 4.78 is 18.0. The first-order chi connectivity index (χ1) is 10.6. The molecule has 0 amide bonds. The number of hydrogen-bond acceptors (Lipinski definition) is 4. The van der Waals surface area contributed by atoms with Crippen LogP contribution in [0.1, 0.15) is 64.8 Å². The lowest BCUT2D eigenvalue weighted by molar-refractivity contribution is 0.435. The molecule has 1 N–H and O–H groups in total. The molecule has 1 saturated carbocycles. The predicted octanol–water partition coefficient (Wildman–Crippen LogP) is 3.66. The summed E-state index contributed by atoms with van der Waals surface area (Å²) in [5.74, 6) is 1.30. The minimum atomic E-state index is -1.19. The maximum absolute atomic E-state index is 12.4. The van der Waals surface area contributed by atoms with Gasteiger partial charge in [-0.15, -0.1) is 9.82 Å². The Morgan fingerprint density at radius 3 is 2.52 bits per heavy atom. The number of fused-ring (bicyclic) bond motifs is 1. The van der Waals surface area contributed by atoms with Gasteiger partial charge < -0.3 is 4.55 Å². The Morgan fingerprint density at radius 2 is 1.96 bits per heavy atom. The minimum absolute atomic E-state index is 0.337. The largest absolute Gasteiger partial charge is 0.598 e. The smallest absolute Gasteiger partial charge is 0.175 e. The highest BCUT2D eigenvalue weighted by molar-refractivity contribution is 9.10. The summed E-state index contributed by atoms with van der Waals surface area (Å²) in [7, 11) is 0. The third kappa shape index (κ3) is 3.57. The van der Waals surface area contributed by atoms with Crippen LogP contribution in [0.2, 0.25) is 0 Å². The average Bonchev–Trinajstić information content (AvgIpc) is 3.16. The minimum Gasteiger partial charge on any atom is -0.598 e. The molecule has 1 aliphatic carbocycles. The molecule has 5 nitrogen and oxygen atoms in total. The van der Waals surface area contributed by atoms with Crippen molar-refractivity contribution in [3.8, 4) is 0 Å². The molecule has 0 aromatic carbocycles. The second kappa shape index (κ2) is 5.72. The molecular formula is C16H23BrN4OS. The predicted molar refractivity (Wildman–Crippen MR) is 96.7 cm³/mol. The van der Waals surface area contributed by atoms with E-state index in [0.29, 0.717) is 11.7 Å². The third-order valence-electron chi connectivity index (χ3n) is 3.92. The van der Waals surface area contributed by atoms with Crippen LogP contribution >= 0.6 is 15.9 Å². The molecule has 1 atom stereocenters. The third-order valence-corrected chi connectivity index (χ3v) is 6.31. The van der Waals surface area contributed by atoms with E-state index in [-0.39, 0.29) is 4.75 Å². The van der Waals surface area contributed by atoms with Gasteiger partial charge >= 0.3 is 0 Å². The van der Waals surface area contributed by atoms with Crippen molar-refractivity contribution in [1.29, 1.82) is 0 Å². The van der Waals surface area contributed by atoms with Gasteiger partial charge in [0.25, 0.3) is 0 Å². The first-order valence-corrected chi connectivity index (χ1v) is 9.78. The van der Waals surface area contributed by atoms with Crippen LogP contribution in [0, 0.1) is 0 Å². The van der Waals surface area contributed by atoms with E-state index < -0.39 is 16.9 Å². The molecule has 0 saturated heterocycles. The van der Waals surface area contributed by atoms with E-state index in [1.165, 1.54) is 18.4 Å². The molecule has 23 heavy (non-hydrogen) atoms. The number of nitrogens with one attached hydrogen (secondary N) is 1. The molecule has 1 aliphatic rings. The second-order valence-corrected chi connectivity index (χ2v) is 10.5. The van der Waals surface area contributed by atoms with Gasteiger partial charge in [0.05, 0.1) is 4.47 Å². The van der Waals surface area contributed by atoms with Crippen LogP contribution in [0.3, 0.4) is 0 Å². The van der Waals surface area contributed by atoms with E-state index in [2.05, 4.69) is 43.0 Å². The Bertz CT molecular complexity index is 733. The summed E-state index contributed by atoms with van der Waals surface area (Å²) in [6.07, 6.45) is 4.55. The SMILES string of the molecule is CC(C)(N[S+]([O-])C(C)(C)C)c1nc2c(Br)cc(C3CC3)cn2n1. The maximum atomic E-state index is 12.4. The van der Waals surface area contributed by atoms with E-state index in [1.54, 1.807) is 0 Å². The number of aromatic nitrogens is 3. The molecule has 2 aromatic rings. The number of hydrogen-bond donors (Lipinski definition) is 1. The summed E-state index contributed by atoms with van der Waals surface area (Å²) in [4.78, 5) is 4.65. The second-order valence-electron chi connectivity index (χ2n) is 7.71. The van der Waals surface area contributed by atoms with E-state index in [9.17, 15) is 4.55 Å². The van der Waals surface area contributed by atoms with E-state index >= 15 is 0 Å². The zero-order chi connectivity index (χ0) is 17.0. The number of rotatable bonds is 4. The van der Waals surface area contributed by atoms with Gasteiger partial charge in [-0.3, -0.25) is 0 Å². The van der Waals surface area contributed by atoms with Gasteiger partial charge in [-0.25, -0.2) is 9.50 Å². The fourth-order valence-electron chi connectivity index (χ4n) is 2.30. The summed E-state index contributed by atoms with van der Waals surface area (Å²) in [5.41, 5.74) is 1.51. The van der Waals surface area contributed by atoms with E-state index in [1.807, 2.05) is 39.1 Å². The van der Waals surface area contributed by atoms with E-state index in [4.69, 9.17) is 0 Å². The molecule has 126 valence electrons. The standard InChI is InChI=1S/C16H23BrN4OS/c1-15(2,3)23(22)20-16(4,5)14-18-13-12(17)8-11(10-6-7-10)9-21(13)19-14/h8-10,20H,6-7H2,1-5H3. The highest BCUT2D eigenvalue weighted by atomic mass is 79.9. The van der Waals surface area contributed by atoms with Gasteiger partial charge in [-0.1, -0.05) is 0 Å². The maximum Gasteiger partial charge on any atom is 0.175 e. The molecule has 0 radical (unpaired) electrons. The topological polar surface area (TPSA) is 65.3 Å². The molecular weight excluding hydrogens is 376 g/mol. The van der Waals surface area contributed by atoms with Gasteiger partial charge in [-0.05, 0) is 80.9 Å². The molecule has 7 heteroatoms. The Balaban J connectivity index is 1.94. The summed E-state index contributed by atoms with van der Waals surface area (Å²) in [5, 5.41) is 4.63.